The molecule has 0 heterocycles. The van der Waals surface area contributed by atoms with Gasteiger partial charge in [0.2, 0.25) is 10.0 Å². The molecule has 0 aliphatic heterocycles. The van der Waals surface area contributed by atoms with E-state index in [9.17, 15) is 13.2 Å². The van der Waals surface area contributed by atoms with Crippen molar-refractivity contribution in [2.45, 2.75) is 11.3 Å². The Morgan fingerprint density at radius 1 is 0.938 bits per heavy atom. The van der Waals surface area contributed by atoms with E-state index in [1.807, 2.05) is 54.6 Å². The van der Waals surface area contributed by atoms with Crippen LogP contribution >= 0.6 is 0 Å². The molecular formula is C24H26N2O5S. The molecular weight excluding hydrogens is 428 g/mol. The summed E-state index contributed by atoms with van der Waals surface area (Å²) in [5.74, 6) is 0.528. The van der Waals surface area contributed by atoms with Gasteiger partial charge in [0.15, 0.2) is 6.61 Å². The molecule has 0 aliphatic rings. The summed E-state index contributed by atoms with van der Waals surface area (Å²) >= 11 is 0. The van der Waals surface area contributed by atoms with Crippen LogP contribution in [0.25, 0.3) is 0 Å². The number of hydrogen-bond donors (Lipinski definition) is 1. The number of sulfonamides is 1. The Morgan fingerprint density at radius 3 is 2.31 bits per heavy atom. The molecule has 8 heteroatoms. The van der Waals surface area contributed by atoms with Crippen molar-refractivity contribution in [3.63, 3.8) is 0 Å². The number of hydrogen-bond acceptors (Lipinski definition) is 5. The van der Waals surface area contributed by atoms with Crippen molar-refractivity contribution in [2.75, 3.05) is 33.1 Å². The number of carbonyl (C=O) groups excluding carboxylic acids is 1. The van der Waals surface area contributed by atoms with Gasteiger partial charge < -0.3 is 14.8 Å². The zero-order chi connectivity index (χ0) is 23.1. The van der Waals surface area contributed by atoms with Gasteiger partial charge >= 0.3 is 0 Å². The molecule has 3 rings (SSSR count). The minimum atomic E-state index is -3.66. The van der Waals surface area contributed by atoms with Gasteiger partial charge in [-0.3, -0.25) is 4.79 Å². The number of para-hydroxylation sites is 1. The lowest BCUT2D eigenvalue weighted by Gasteiger charge is -2.16. The first-order valence-corrected chi connectivity index (χ1v) is 11.4. The molecule has 0 spiro atoms. The average molecular weight is 455 g/mol. The maximum atomic E-state index is 12.6. The summed E-state index contributed by atoms with van der Waals surface area (Å²) in [5, 5.41) is 2.68. The van der Waals surface area contributed by atoms with Crippen LogP contribution in [0.2, 0.25) is 0 Å². The topological polar surface area (TPSA) is 84.9 Å². The van der Waals surface area contributed by atoms with Crippen LogP contribution < -0.4 is 14.8 Å². The molecule has 0 aliphatic carbocycles. The molecule has 0 atom stereocenters. The molecule has 1 N–H and O–H groups in total. The molecule has 32 heavy (non-hydrogen) atoms. The van der Waals surface area contributed by atoms with Gasteiger partial charge in [-0.05, 0) is 35.4 Å². The van der Waals surface area contributed by atoms with Gasteiger partial charge in [-0.2, -0.15) is 0 Å². The fourth-order valence-electron chi connectivity index (χ4n) is 3.09. The van der Waals surface area contributed by atoms with Crippen molar-refractivity contribution in [1.82, 2.24) is 4.31 Å². The van der Waals surface area contributed by atoms with E-state index in [4.69, 9.17) is 9.47 Å². The van der Waals surface area contributed by atoms with Gasteiger partial charge in [-0.1, -0.05) is 48.5 Å². The fourth-order valence-corrected chi connectivity index (χ4v) is 4.02. The first-order chi connectivity index (χ1) is 15.3. The van der Waals surface area contributed by atoms with Crippen molar-refractivity contribution in [3.8, 4) is 11.5 Å². The third kappa shape index (κ3) is 5.66. The highest BCUT2D eigenvalue weighted by Crippen LogP contribution is 2.28. The van der Waals surface area contributed by atoms with E-state index in [2.05, 4.69) is 5.32 Å². The number of anilines is 1. The average Bonchev–Trinajstić information content (AvgIpc) is 2.79. The first-order valence-electron chi connectivity index (χ1n) is 9.96. The molecule has 0 aromatic heterocycles. The second kappa shape index (κ2) is 10.3. The van der Waals surface area contributed by atoms with Crippen LogP contribution in [-0.2, 0) is 21.2 Å². The number of rotatable bonds is 9. The van der Waals surface area contributed by atoms with E-state index in [0.29, 0.717) is 17.9 Å². The number of methoxy groups -OCH3 is 1. The van der Waals surface area contributed by atoms with Gasteiger partial charge in [-0.15, -0.1) is 0 Å². The summed E-state index contributed by atoms with van der Waals surface area (Å²) in [6, 6.07) is 21.8. The Kier molecular flexibility index (Phi) is 7.50. The smallest absolute Gasteiger partial charge is 0.262 e. The Bertz CT molecular complexity index is 1180. The maximum absolute atomic E-state index is 12.6. The highest BCUT2D eigenvalue weighted by Gasteiger charge is 2.20. The molecule has 0 bridgehead atoms. The van der Waals surface area contributed by atoms with E-state index in [0.717, 1.165) is 15.4 Å². The van der Waals surface area contributed by atoms with Crippen LogP contribution in [0, 0.1) is 0 Å². The number of benzene rings is 3. The normalized spacial score (nSPS) is 11.2. The Hall–Kier alpha value is -3.36. The lowest BCUT2D eigenvalue weighted by atomic mass is 10.0. The summed E-state index contributed by atoms with van der Waals surface area (Å²) in [6.45, 7) is -0.236. The van der Waals surface area contributed by atoms with Gasteiger partial charge in [0.1, 0.15) is 11.5 Å². The molecule has 7 nitrogen and oxygen atoms in total. The molecule has 3 aromatic rings. The third-order valence-electron chi connectivity index (χ3n) is 4.79. The lowest BCUT2D eigenvalue weighted by molar-refractivity contribution is -0.118. The number of ether oxygens (including phenoxy) is 2. The second-order valence-corrected chi connectivity index (χ2v) is 9.41. The molecule has 0 saturated heterocycles. The van der Waals surface area contributed by atoms with Gasteiger partial charge in [0.05, 0.1) is 17.7 Å². The van der Waals surface area contributed by atoms with Crippen LogP contribution in [0.15, 0.2) is 77.7 Å². The lowest BCUT2D eigenvalue weighted by Crippen LogP contribution is -2.23. The van der Waals surface area contributed by atoms with Crippen molar-refractivity contribution < 1.29 is 22.7 Å². The molecule has 0 unspecified atom stereocenters. The monoisotopic (exact) mass is 454 g/mol. The van der Waals surface area contributed by atoms with Crippen LogP contribution in [0.5, 0.6) is 11.5 Å². The maximum Gasteiger partial charge on any atom is 0.262 e. The molecule has 3 aromatic carbocycles. The number of nitrogens with one attached hydrogen (secondary N) is 1. The van der Waals surface area contributed by atoms with Gasteiger partial charge in [-0.25, -0.2) is 12.7 Å². The predicted molar refractivity (Wildman–Crippen MR) is 124 cm³/mol. The quantitative estimate of drug-likeness (QED) is 0.535. The number of nitrogens with zero attached hydrogens (tertiary/aromatic N) is 1. The summed E-state index contributed by atoms with van der Waals surface area (Å²) < 4.78 is 37.0. The zero-order valence-corrected chi connectivity index (χ0v) is 19.1. The van der Waals surface area contributed by atoms with E-state index < -0.39 is 15.9 Å². The van der Waals surface area contributed by atoms with Gasteiger partial charge in [0.25, 0.3) is 5.91 Å². The van der Waals surface area contributed by atoms with Crippen molar-refractivity contribution in [1.29, 1.82) is 0 Å². The minimum Gasteiger partial charge on any atom is -0.495 e. The van der Waals surface area contributed by atoms with Crippen LogP contribution in [-0.4, -0.2) is 46.4 Å². The second-order valence-electron chi connectivity index (χ2n) is 7.26. The molecule has 0 radical (unpaired) electrons. The Morgan fingerprint density at radius 2 is 1.62 bits per heavy atom. The summed E-state index contributed by atoms with van der Waals surface area (Å²) in [7, 11) is 0.676. The SMILES string of the molecule is COc1ccc(S(=O)(=O)N(C)C)cc1NC(=O)COc1ccccc1Cc1ccccc1. The number of amides is 1. The summed E-state index contributed by atoms with van der Waals surface area (Å²) in [5.41, 5.74) is 2.35. The third-order valence-corrected chi connectivity index (χ3v) is 6.60. The van der Waals surface area contributed by atoms with Crippen molar-refractivity contribution in [2.24, 2.45) is 0 Å². The van der Waals surface area contributed by atoms with Crippen LogP contribution in [0.4, 0.5) is 5.69 Å². The zero-order valence-electron chi connectivity index (χ0n) is 18.2. The molecule has 1 amide bonds. The van der Waals surface area contributed by atoms with Crippen LogP contribution in [0.3, 0.4) is 0 Å². The fraction of sp³-hybridized carbons (Fsp3) is 0.208. The van der Waals surface area contributed by atoms with E-state index in [-0.39, 0.29) is 17.2 Å². The Balaban J connectivity index is 1.72. The standard InChI is InChI=1S/C24H26N2O5S/c1-26(2)32(28,29)20-13-14-23(30-3)21(16-20)25-24(27)17-31-22-12-8-7-11-19(22)15-18-9-5-4-6-10-18/h4-14,16H,15,17H2,1-3H3,(H,25,27). The predicted octanol–water partition coefficient (Wildman–Crippen LogP) is 3.55. The highest BCUT2D eigenvalue weighted by atomic mass is 32.2. The van der Waals surface area contributed by atoms with Gasteiger partial charge in [0, 0.05) is 20.5 Å². The summed E-state index contributed by atoms with van der Waals surface area (Å²) in [4.78, 5) is 12.6. The first kappa shape index (κ1) is 23.3. The molecule has 168 valence electrons. The summed E-state index contributed by atoms with van der Waals surface area (Å²) in [6.07, 6.45) is 0.677. The van der Waals surface area contributed by atoms with Crippen molar-refractivity contribution in [3.05, 3.63) is 83.9 Å². The molecule has 0 fully saturated rings. The Labute approximate surface area is 188 Å². The van der Waals surface area contributed by atoms with Crippen molar-refractivity contribution >= 4 is 21.6 Å². The van der Waals surface area contributed by atoms with E-state index >= 15 is 0 Å². The number of carbonyl (C=O) groups is 1. The molecule has 0 saturated carbocycles. The van der Waals surface area contributed by atoms with Crippen LogP contribution in [0.1, 0.15) is 11.1 Å². The van der Waals surface area contributed by atoms with E-state index in [1.165, 1.54) is 39.4 Å². The minimum absolute atomic E-state index is 0.0488. The largest absolute Gasteiger partial charge is 0.495 e. The highest BCUT2D eigenvalue weighted by molar-refractivity contribution is 7.89. The van der Waals surface area contributed by atoms with E-state index in [1.54, 1.807) is 0 Å².